The van der Waals surface area contributed by atoms with E-state index in [2.05, 4.69) is 42.5 Å². The van der Waals surface area contributed by atoms with E-state index in [-0.39, 0.29) is 11.8 Å². The molecule has 1 aromatic rings. The second kappa shape index (κ2) is 7.46. The molecule has 1 aliphatic rings. The van der Waals surface area contributed by atoms with Gasteiger partial charge in [-0.3, -0.25) is 4.79 Å². The number of hydrogen-bond donors (Lipinski definition) is 2. The monoisotopic (exact) mass is 289 g/mol. The molecule has 0 bridgehead atoms. The number of carbonyl (C=O) groups excluding carboxylic acids is 1. The maximum Gasteiger partial charge on any atom is 0.227 e. The molecular formula is C17H27N3O. The molecule has 1 amide bonds. The van der Waals surface area contributed by atoms with Gasteiger partial charge in [0.2, 0.25) is 5.91 Å². The Morgan fingerprint density at radius 2 is 2.24 bits per heavy atom. The quantitative estimate of drug-likeness (QED) is 0.845. The van der Waals surface area contributed by atoms with Gasteiger partial charge in [-0.1, -0.05) is 25.1 Å². The third-order valence-corrected chi connectivity index (χ3v) is 4.51. The lowest BCUT2D eigenvalue weighted by molar-refractivity contribution is -0.122. The Balaban J connectivity index is 1.87. The molecule has 1 aromatic carbocycles. The van der Waals surface area contributed by atoms with Crippen molar-refractivity contribution in [3.63, 3.8) is 0 Å². The Labute approximate surface area is 127 Å². The number of likely N-dealkylation sites (N-methyl/N-ethyl adjacent to an activating group) is 1. The average Bonchev–Trinajstić information content (AvgIpc) is 2.53. The number of anilines is 1. The van der Waals surface area contributed by atoms with Crippen LogP contribution in [0.3, 0.4) is 0 Å². The van der Waals surface area contributed by atoms with E-state index in [0.717, 1.165) is 37.2 Å². The maximum absolute atomic E-state index is 12.4. The number of carbonyl (C=O) groups is 1. The molecule has 1 heterocycles. The van der Waals surface area contributed by atoms with Crippen molar-refractivity contribution in [2.75, 3.05) is 32.0 Å². The molecule has 4 nitrogen and oxygen atoms in total. The first-order valence-electron chi connectivity index (χ1n) is 7.94. The topological polar surface area (TPSA) is 44.4 Å². The first-order valence-corrected chi connectivity index (χ1v) is 7.94. The number of amides is 1. The standard InChI is InChI=1S/C17H27N3O/c1-4-13(2)20(3)12-11-19-17(21)15-9-10-18-16-8-6-5-7-14(15)16/h5-8,13,15,18H,4,9-12H2,1-3H3,(H,19,21). The normalized spacial score (nSPS) is 18.8. The van der Waals surface area contributed by atoms with Gasteiger partial charge in [0.1, 0.15) is 0 Å². The van der Waals surface area contributed by atoms with Crippen LogP contribution in [-0.2, 0) is 4.79 Å². The highest BCUT2D eigenvalue weighted by atomic mass is 16.1. The van der Waals surface area contributed by atoms with Crippen LogP contribution in [0.15, 0.2) is 24.3 Å². The Morgan fingerprint density at radius 1 is 1.48 bits per heavy atom. The minimum Gasteiger partial charge on any atom is -0.385 e. The van der Waals surface area contributed by atoms with Crippen molar-refractivity contribution in [2.45, 2.75) is 38.6 Å². The maximum atomic E-state index is 12.4. The number of para-hydroxylation sites is 1. The minimum absolute atomic E-state index is 0.0173. The number of nitrogens with one attached hydrogen (secondary N) is 2. The summed E-state index contributed by atoms with van der Waals surface area (Å²) in [5.41, 5.74) is 2.22. The fraction of sp³-hybridized carbons (Fsp3) is 0.588. The number of rotatable bonds is 6. The zero-order chi connectivity index (χ0) is 15.2. The predicted octanol–water partition coefficient (Wildman–Crippen LogP) is 2.43. The predicted molar refractivity (Wildman–Crippen MR) is 87.7 cm³/mol. The fourth-order valence-corrected chi connectivity index (χ4v) is 2.75. The lowest BCUT2D eigenvalue weighted by Gasteiger charge is -2.27. The molecule has 21 heavy (non-hydrogen) atoms. The molecule has 0 radical (unpaired) electrons. The van der Waals surface area contributed by atoms with Gasteiger partial charge in [-0.2, -0.15) is 0 Å². The van der Waals surface area contributed by atoms with Crippen LogP contribution in [0.1, 0.15) is 38.2 Å². The van der Waals surface area contributed by atoms with Gasteiger partial charge in [0.25, 0.3) is 0 Å². The summed E-state index contributed by atoms with van der Waals surface area (Å²) in [5, 5.41) is 6.45. The first kappa shape index (κ1) is 15.8. The van der Waals surface area contributed by atoms with Crippen molar-refractivity contribution in [1.29, 1.82) is 0 Å². The van der Waals surface area contributed by atoms with Gasteiger partial charge < -0.3 is 15.5 Å². The van der Waals surface area contributed by atoms with Crippen LogP contribution in [-0.4, -0.2) is 43.5 Å². The summed E-state index contributed by atoms with van der Waals surface area (Å²) in [5.74, 6) is 0.137. The molecular weight excluding hydrogens is 262 g/mol. The number of fused-ring (bicyclic) bond motifs is 1. The van der Waals surface area contributed by atoms with E-state index in [0.29, 0.717) is 12.6 Å². The molecule has 2 unspecified atom stereocenters. The fourth-order valence-electron chi connectivity index (χ4n) is 2.75. The summed E-state index contributed by atoms with van der Waals surface area (Å²) in [4.78, 5) is 14.7. The third-order valence-electron chi connectivity index (χ3n) is 4.51. The molecule has 2 N–H and O–H groups in total. The molecule has 0 saturated heterocycles. The Bertz CT molecular complexity index is 475. The Morgan fingerprint density at radius 3 is 3.00 bits per heavy atom. The molecule has 1 aliphatic heterocycles. The van der Waals surface area contributed by atoms with Crippen LogP contribution in [0.4, 0.5) is 5.69 Å². The van der Waals surface area contributed by atoms with E-state index in [1.165, 1.54) is 0 Å². The van der Waals surface area contributed by atoms with E-state index in [1.54, 1.807) is 0 Å². The second-order valence-corrected chi connectivity index (χ2v) is 5.88. The average molecular weight is 289 g/mol. The SMILES string of the molecule is CCC(C)N(C)CCNC(=O)C1CCNc2ccccc21. The van der Waals surface area contributed by atoms with E-state index < -0.39 is 0 Å². The van der Waals surface area contributed by atoms with E-state index >= 15 is 0 Å². The van der Waals surface area contributed by atoms with Gasteiger partial charge in [-0.25, -0.2) is 0 Å². The number of nitrogens with zero attached hydrogens (tertiary/aromatic N) is 1. The Hall–Kier alpha value is -1.55. The summed E-state index contributed by atoms with van der Waals surface area (Å²) < 4.78 is 0. The lowest BCUT2D eigenvalue weighted by atomic mass is 9.90. The smallest absolute Gasteiger partial charge is 0.227 e. The largest absolute Gasteiger partial charge is 0.385 e. The van der Waals surface area contributed by atoms with E-state index in [4.69, 9.17) is 0 Å². The summed E-state index contributed by atoms with van der Waals surface area (Å²) >= 11 is 0. The van der Waals surface area contributed by atoms with Crippen molar-refractivity contribution in [1.82, 2.24) is 10.2 Å². The highest BCUT2D eigenvalue weighted by Gasteiger charge is 2.25. The molecule has 2 rings (SSSR count). The molecule has 2 atom stereocenters. The van der Waals surface area contributed by atoms with Crippen LogP contribution in [0.5, 0.6) is 0 Å². The van der Waals surface area contributed by atoms with Crippen LogP contribution >= 0.6 is 0 Å². The van der Waals surface area contributed by atoms with Crippen LogP contribution in [0.25, 0.3) is 0 Å². The van der Waals surface area contributed by atoms with Gasteiger partial charge in [-0.05, 0) is 38.4 Å². The van der Waals surface area contributed by atoms with E-state index in [9.17, 15) is 4.79 Å². The van der Waals surface area contributed by atoms with Crippen LogP contribution in [0, 0.1) is 0 Å². The van der Waals surface area contributed by atoms with Gasteiger partial charge in [0.05, 0.1) is 5.92 Å². The van der Waals surface area contributed by atoms with Crippen molar-refractivity contribution >= 4 is 11.6 Å². The molecule has 0 aromatic heterocycles. The number of benzene rings is 1. The van der Waals surface area contributed by atoms with Gasteiger partial charge in [-0.15, -0.1) is 0 Å². The van der Waals surface area contributed by atoms with Crippen molar-refractivity contribution in [3.8, 4) is 0 Å². The first-order chi connectivity index (χ1) is 10.1. The summed E-state index contributed by atoms with van der Waals surface area (Å²) in [7, 11) is 2.11. The van der Waals surface area contributed by atoms with Gasteiger partial charge in [0.15, 0.2) is 0 Å². The second-order valence-electron chi connectivity index (χ2n) is 5.88. The summed E-state index contributed by atoms with van der Waals surface area (Å²) in [6.45, 7) is 6.87. The Kier molecular flexibility index (Phi) is 5.62. The van der Waals surface area contributed by atoms with E-state index in [1.807, 2.05) is 18.2 Å². The molecule has 0 aliphatic carbocycles. The highest BCUT2D eigenvalue weighted by molar-refractivity contribution is 5.86. The minimum atomic E-state index is -0.0173. The summed E-state index contributed by atoms with van der Waals surface area (Å²) in [6.07, 6.45) is 2.00. The zero-order valence-electron chi connectivity index (χ0n) is 13.4. The highest BCUT2D eigenvalue weighted by Crippen LogP contribution is 2.31. The van der Waals surface area contributed by atoms with Gasteiger partial charge >= 0.3 is 0 Å². The van der Waals surface area contributed by atoms with Gasteiger partial charge in [0, 0.05) is 31.4 Å². The van der Waals surface area contributed by atoms with Crippen molar-refractivity contribution in [3.05, 3.63) is 29.8 Å². The molecule has 4 heteroatoms. The molecule has 0 saturated carbocycles. The van der Waals surface area contributed by atoms with Crippen LogP contribution in [0.2, 0.25) is 0 Å². The zero-order valence-corrected chi connectivity index (χ0v) is 13.4. The number of hydrogen-bond acceptors (Lipinski definition) is 3. The molecule has 116 valence electrons. The molecule has 0 fully saturated rings. The van der Waals surface area contributed by atoms with Crippen LogP contribution < -0.4 is 10.6 Å². The molecule has 0 spiro atoms. The summed E-state index contributed by atoms with van der Waals surface area (Å²) in [6, 6.07) is 8.67. The van der Waals surface area contributed by atoms with Crippen molar-refractivity contribution < 1.29 is 4.79 Å². The third kappa shape index (κ3) is 3.97. The lowest BCUT2D eigenvalue weighted by Crippen LogP contribution is -2.39. The van der Waals surface area contributed by atoms with Crippen molar-refractivity contribution in [2.24, 2.45) is 0 Å².